The first-order chi connectivity index (χ1) is 28.7. The van der Waals surface area contributed by atoms with Gasteiger partial charge in [-0.05, 0) is 99.9 Å². The molecule has 59 heavy (non-hydrogen) atoms. The molecule has 0 spiro atoms. The zero-order chi connectivity index (χ0) is 40.2. The molecule has 0 aromatic carbocycles. The first kappa shape index (κ1) is 37.2. The summed E-state index contributed by atoms with van der Waals surface area (Å²) in [6.07, 6.45) is 15.2. The maximum absolute atomic E-state index is 13.3. The number of nitrogens with one attached hydrogen (secondary N) is 2. The van der Waals surface area contributed by atoms with Gasteiger partial charge < -0.3 is 25.4 Å². The van der Waals surface area contributed by atoms with Gasteiger partial charge in [0.05, 0.1) is 39.9 Å². The average molecular weight is 828 g/mol. The minimum Gasteiger partial charge on any atom is -0.481 e. The summed E-state index contributed by atoms with van der Waals surface area (Å²) >= 11 is 3.28. The number of pyridine rings is 2. The van der Waals surface area contributed by atoms with Crippen molar-refractivity contribution in [2.45, 2.75) is 64.6 Å². The SMILES string of the molecule is C[C@@H]1CN(C(=O)[C@H]2CCc3c(sc4ncnc(Nc5ccn6nccc6c5)c34)C2)C[C@H](C)O1.O=C(O)[C@H]1CCc2c(sc3ncnc(Nc4ccn5nccc5c4)c23)C1. The highest BCUT2D eigenvalue weighted by Gasteiger charge is 2.35. The summed E-state index contributed by atoms with van der Waals surface area (Å²) in [4.78, 5) is 48.9. The summed E-state index contributed by atoms with van der Waals surface area (Å²) in [7, 11) is 0. The summed E-state index contributed by atoms with van der Waals surface area (Å²) in [6.45, 7) is 5.44. The van der Waals surface area contributed by atoms with Crippen LogP contribution in [0.1, 0.15) is 47.6 Å². The third-order valence-electron chi connectivity index (χ3n) is 11.4. The van der Waals surface area contributed by atoms with E-state index in [9.17, 15) is 14.7 Å². The molecule has 300 valence electrons. The van der Waals surface area contributed by atoms with Crippen LogP contribution in [-0.4, -0.2) is 86.3 Å². The van der Waals surface area contributed by atoms with Gasteiger partial charge in [-0.25, -0.2) is 29.0 Å². The number of aliphatic carboxylic acids is 1. The van der Waals surface area contributed by atoms with Crippen molar-refractivity contribution >= 4 is 89.0 Å². The molecule has 11 rings (SSSR count). The van der Waals surface area contributed by atoms with Crippen molar-refractivity contribution in [1.29, 1.82) is 0 Å². The van der Waals surface area contributed by atoms with E-state index in [1.54, 1.807) is 52.2 Å². The zero-order valence-corrected chi connectivity index (χ0v) is 34.0. The Bertz CT molecular complexity index is 2870. The van der Waals surface area contributed by atoms with Gasteiger partial charge in [-0.1, -0.05) is 0 Å². The van der Waals surface area contributed by atoms with Crippen molar-refractivity contribution < 1.29 is 19.4 Å². The van der Waals surface area contributed by atoms with Crippen molar-refractivity contribution in [1.82, 2.24) is 44.1 Å². The van der Waals surface area contributed by atoms with E-state index < -0.39 is 5.97 Å². The quantitative estimate of drug-likeness (QED) is 0.155. The van der Waals surface area contributed by atoms with Crippen molar-refractivity contribution in [3.8, 4) is 0 Å². The number of aromatic nitrogens is 8. The van der Waals surface area contributed by atoms with E-state index >= 15 is 0 Å². The third-order valence-corrected chi connectivity index (χ3v) is 13.8. The second-order valence-corrected chi connectivity index (χ2v) is 17.7. The monoisotopic (exact) mass is 827 g/mol. The minimum atomic E-state index is -0.716. The first-order valence-corrected chi connectivity index (χ1v) is 21.5. The zero-order valence-electron chi connectivity index (χ0n) is 32.4. The maximum atomic E-state index is 13.3. The van der Waals surface area contributed by atoms with Crippen molar-refractivity contribution in [2.24, 2.45) is 11.8 Å². The molecule has 0 unspecified atom stereocenters. The van der Waals surface area contributed by atoms with Crippen molar-refractivity contribution in [3.63, 3.8) is 0 Å². The molecular formula is C42H41N11O4S2. The summed E-state index contributed by atoms with van der Waals surface area (Å²) in [5.41, 5.74) is 6.38. The van der Waals surface area contributed by atoms with Crippen LogP contribution in [0.4, 0.5) is 23.0 Å². The Morgan fingerprint density at radius 2 is 1.24 bits per heavy atom. The Morgan fingerprint density at radius 1 is 0.729 bits per heavy atom. The van der Waals surface area contributed by atoms with Crippen molar-refractivity contribution in [2.75, 3.05) is 23.7 Å². The molecule has 1 fully saturated rings. The van der Waals surface area contributed by atoms with Crippen LogP contribution in [0.15, 0.2) is 73.8 Å². The fourth-order valence-corrected chi connectivity index (χ4v) is 11.3. The predicted octanol–water partition coefficient (Wildman–Crippen LogP) is 7.10. The molecule has 0 bridgehead atoms. The van der Waals surface area contributed by atoms with E-state index in [1.165, 1.54) is 16.0 Å². The molecular weight excluding hydrogens is 787 g/mol. The van der Waals surface area contributed by atoms with E-state index in [2.05, 4.69) is 46.8 Å². The number of carboxylic acids is 1. The number of thiophene rings is 2. The average Bonchev–Trinajstić information content (AvgIpc) is 4.04. The van der Waals surface area contributed by atoms with Gasteiger partial charge in [-0.15, -0.1) is 22.7 Å². The highest BCUT2D eigenvalue weighted by molar-refractivity contribution is 7.19. The fourth-order valence-electron chi connectivity index (χ4n) is 8.72. The molecule has 9 heterocycles. The fraction of sp³-hybridized carbons (Fsp3) is 0.333. The van der Waals surface area contributed by atoms with Gasteiger partial charge in [0.15, 0.2) is 0 Å². The van der Waals surface area contributed by atoms with Crippen LogP contribution in [0.3, 0.4) is 0 Å². The van der Waals surface area contributed by atoms with Gasteiger partial charge in [0, 0.05) is 64.9 Å². The molecule has 1 saturated heterocycles. The normalized spacial score (nSPS) is 20.3. The number of amides is 1. The molecule has 2 aliphatic carbocycles. The second kappa shape index (κ2) is 15.3. The van der Waals surface area contributed by atoms with E-state index in [0.717, 1.165) is 85.0 Å². The molecule has 0 radical (unpaired) electrons. The van der Waals surface area contributed by atoms with Crippen LogP contribution < -0.4 is 10.6 Å². The van der Waals surface area contributed by atoms with Gasteiger partial charge in [-0.3, -0.25) is 9.59 Å². The Hall–Kier alpha value is -6.04. The Morgan fingerprint density at radius 3 is 1.76 bits per heavy atom. The standard InChI is InChI=1S/C24H26N6O2S.C18H15N5O2S/c1-14-11-29(12-15(2)32-14)24(31)16-3-4-19-20(9-16)33-23-21(19)22(25-13-26-23)28-17-6-8-30-18(10-17)5-7-27-30;24-18(25)10-1-2-13-14(7-10)26-17-15(13)16(19-9-20-17)22-11-4-6-23-12(8-11)3-5-21-23/h5-8,10,13-16H,3-4,9,11-12H2,1-2H3,(H,25,26,28);3-6,8-10H,1-2,7H2,(H,24,25)(H,19,20,22)/t14-,15+,16-;10-/m00/s1. The third kappa shape index (κ3) is 7.23. The molecule has 4 atom stereocenters. The van der Waals surface area contributed by atoms with E-state index in [1.807, 2.05) is 66.0 Å². The number of hydrogen-bond donors (Lipinski definition) is 3. The highest BCUT2D eigenvalue weighted by Crippen LogP contribution is 2.42. The number of fused-ring (bicyclic) bond motifs is 8. The van der Waals surface area contributed by atoms with Crippen LogP contribution in [0, 0.1) is 11.8 Å². The number of carbonyl (C=O) groups excluding carboxylic acids is 1. The first-order valence-electron chi connectivity index (χ1n) is 19.8. The Labute approximate surface area is 346 Å². The molecule has 3 N–H and O–H groups in total. The van der Waals surface area contributed by atoms with Gasteiger partial charge in [0.25, 0.3) is 0 Å². The Kier molecular flexibility index (Phi) is 9.65. The van der Waals surface area contributed by atoms with Crippen LogP contribution in [0.2, 0.25) is 0 Å². The van der Waals surface area contributed by atoms with Gasteiger partial charge in [-0.2, -0.15) is 10.2 Å². The van der Waals surface area contributed by atoms with E-state index in [4.69, 9.17) is 4.74 Å². The topological polar surface area (TPSA) is 177 Å². The highest BCUT2D eigenvalue weighted by atomic mass is 32.1. The lowest BCUT2D eigenvalue weighted by atomic mass is 9.86. The number of carbonyl (C=O) groups is 2. The summed E-state index contributed by atoms with van der Waals surface area (Å²) in [5.74, 6) is 0.860. The molecule has 15 nitrogen and oxygen atoms in total. The van der Waals surface area contributed by atoms with E-state index in [0.29, 0.717) is 25.9 Å². The maximum Gasteiger partial charge on any atom is 0.306 e. The molecule has 8 aromatic heterocycles. The summed E-state index contributed by atoms with van der Waals surface area (Å²) in [6, 6.07) is 11.9. The number of morpholine rings is 1. The summed E-state index contributed by atoms with van der Waals surface area (Å²) in [5, 5.41) is 26.8. The molecule has 17 heteroatoms. The molecule has 1 amide bonds. The number of anilines is 4. The van der Waals surface area contributed by atoms with Gasteiger partial charge in [0.1, 0.15) is 34.0 Å². The number of aryl methyl sites for hydroxylation is 2. The molecule has 1 aliphatic heterocycles. The van der Waals surface area contributed by atoms with Crippen LogP contribution in [-0.2, 0) is 40.0 Å². The summed E-state index contributed by atoms with van der Waals surface area (Å²) < 4.78 is 9.45. The molecule has 3 aliphatic rings. The molecule has 8 aromatic rings. The number of rotatable bonds is 6. The number of hydrogen-bond acceptors (Lipinski definition) is 13. The van der Waals surface area contributed by atoms with Gasteiger partial charge >= 0.3 is 5.97 Å². The lowest BCUT2D eigenvalue weighted by Crippen LogP contribution is -2.50. The number of ether oxygens (including phenoxy) is 1. The smallest absolute Gasteiger partial charge is 0.306 e. The second-order valence-electron chi connectivity index (χ2n) is 15.5. The predicted molar refractivity (Wildman–Crippen MR) is 227 cm³/mol. The number of carboxylic acid groups (broad SMARTS) is 1. The van der Waals surface area contributed by atoms with E-state index in [-0.39, 0.29) is 30.0 Å². The van der Waals surface area contributed by atoms with Crippen LogP contribution in [0.5, 0.6) is 0 Å². The lowest BCUT2D eigenvalue weighted by molar-refractivity contribution is -0.147. The van der Waals surface area contributed by atoms with Crippen molar-refractivity contribution in [3.05, 3.63) is 94.7 Å². The van der Waals surface area contributed by atoms with Crippen LogP contribution in [0.25, 0.3) is 31.5 Å². The molecule has 0 saturated carbocycles. The van der Waals surface area contributed by atoms with Crippen LogP contribution >= 0.6 is 22.7 Å². The largest absolute Gasteiger partial charge is 0.481 e. The van der Waals surface area contributed by atoms with Gasteiger partial charge in [0.2, 0.25) is 5.91 Å². The lowest BCUT2D eigenvalue weighted by Gasteiger charge is -2.37. The Balaban J connectivity index is 0.000000147. The number of nitrogens with zero attached hydrogens (tertiary/aromatic N) is 9. The minimum absolute atomic E-state index is 0.0247.